The van der Waals surface area contributed by atoms with E-state index in [1.165, 1.54) is 0 Å². The molecule has 4 nitrogen and oxygen atoms in total. The molecule has 0 amide bonds. The quantitative estimate of drug-likeness (QED) is 0.798. The molecule has 0 spiro atoms. The first kappa shape index (κ1) is 10.1. The maximum absolute atomic E-state index is 10.6. The molecular weight excluding hydrogens is 192 g/mol. The van der Waals surface area contributed by atoms with Crippen molar-refractivity contribution in [3.63, 3.8) is 0 Å². The number of carboxylic acids is 1. The van der Waals surface area contributed by atoms with Crippen LogP contribution < -0.4 is 0 Å². The van der Waals surface area contributed by atoms with Gasteiger partial charge in [-0.2, -0.15) is 0 Å². The highest BCUT2D eigenvalue weighted by atomic mass is 16.4. The summed E-state index contributed by atoms with van der Waals surface area (Å²) in [6.45, 7) is 4.00. The molecule has 1 aromatic rings. The van der Waals surface area contributed by atoms with Crippen molar-refractivity contribution in [3.05, 3.63) is 29.6 Å². The van der Waals surface area contributed by atoms with Gasteiger partial charge in [0.25, 0.3) is 0 Å². The number of aliphatic carboxylic acids is 1. The molecule has 0 aliphatic carbocycles. The third-order valence-corrected chi connectivity index (χ3v) is 2.64. The van der Waals surface area contributed by atoms with Crippen LogP contribution in [0.5, 0.6) is 0 Å². The summed E-state index contributed by atoms with van der Waals surface area (Å²) in [5, 5.41) is 8.72. The van der Waals surface area contributed by atoms with Crippen LogP contribution in [0.1, 0.15) is 11.4 Å². The Morgan fingerprint density at radius 2 is 2.33 bits per heavy atom. The van der Waals surface area contributed by atoms with E-state index in [0.717, 1.165) is 17.9 Å². The number of rotatable bonds is 3. The fourth-order valence-corrected chi connectivity index (χ4v) is 1.77. The van der Waals surface area contributed by atoms with E-state index >= 15 is 0 Å². The van der Waals surface area contributed by atoms with Crippen molar-refractivity contribution in [2.75, 3.05) is 13.1 Å². The van der Waals surface area contributed by atoms with E-state index in [1.807, 2.05) is 25.1 Å². The third-order valence-electron chi connectivity index (χ3n) is 2.64. The molecule has 2 heterocycles. The van der Waals surface area contributed by atoms with E-state index in [9.17, 15) is 4.79 Å². The second-order valence-electron chi connectivity index (χ2n) is 4.00. The standard InChI is InChI=1S/C11H14N2O2/c1-8-3-2-4-10(12-8)7-13-5-9(6-13)11(14)15/h2-4,9H,5-7H2,1H3,(H,14,15). The van der Waals surface area contributed by atoms with Crippen LogP contribution in [0.25, 0.3) is 0 Å². The van der Waals surface area contributed by atoms with E-state index < -0.39 is 5.97 Å². The van der Waals surface area contributed by atoms with Gasteiger partial charge < -0.3 is 5.11 Å². The van der Waals surface area contributed by atoms with Gasteiger partial charge in [0.2, 0.25) is 0 Å². The van der Waals surface area contributed by atoms with E-state index in [-0.39, 0.29) is 5.92 Å². The van der Waals surface area contributed by atoms with Crippen molar-refractivity contribution >= 4 is 5.97 Å². The Labute approximate surface area is 88.6 Å². The lowest BCUT2D eigenvalue weighted by Crippen LogP contribution is -2.49. The molecule has 0 aromatic carbocycles. The summed E-state index contributed by atoms with van der Waals surface area (Å²) < 4.78 is 0. The molecule has 15 heavy (non-hydrogen) atoms. The van der Waals surface area contributed by atoms with Crippen LogP contribution in [-0.4, -0.2) is 34.0 Å². The summed E-state index contributed by atoms with van der Waals surface area (Å²) in [6, 6.07) is 5.91. The molecule has 1 N–H and O–H groups in total. The fraction of sp³-hybridized carbons (Fsp3) is 0.455. The molecular formula is C11H14N2O2. The molecule has 0 radical (unpaired) electrons. The average Bonchev–Trinajstić information content (AvgIpc) is 2.10. The van der Waals surface area contributed by atoms with Gasteiger partial charge in [0.1, 0.15) is 0 Å². The maximum atomic E-state index is 10.6. The normalized spacial score (nSPS) is 17.4. The van der Waals surface area contributed by atoms with Gasteiger partial charge in [-0.3, -0.25) is 14.7 Å². The van der Waals surface area contributed by atoms with Crippen molar-refractivity contribution in [2.24, 2.45) is 5.92 Å². The van der Waals surface area contributed by atoms with Crippen molar-refractivity contribution in [1.29, 1.82) is 0 Å². The van der Waals surface area contributed by atoms with E-state index in [0.29, 0.717) is 13.1 Å². The number of aryl methyl sites for hydroxylation is 1. The van der Waals surface area contributed by atoms with Gasteiger partial charge in [0.05, 0.1) is 11.6 Å². The first-order chi connectivity index (χ1) is 7.15. The van der Waals surface area contributed by atoms with Gasteiger partial charge in [0, 0.05) is 25.3 Å². The van der Waals surface area contributed by atoms with Crippen molar-refractivity contribution in [1.82, 2.24) is 9.88 Å². The minimum atomic E-state index is -0.691. The zero-order chi connectivity index (χ0) is 10.8. The van der Waals surface area contributed by atoms with Crippen LogP contribution in [0.15, 0.2) is 18.2 Å². The van der Waals surface area contributed by atoms with Crippen LogP contribution in [0.3, 0.4) is 0 Å². The van der Waals surface area contributed by atoms with Crippen molar-refractivity contribution in [2.45, 2.75) is 13.5 Å². The Hall–Kier alpha value is -1.42. The number of aromatic nitrogens is 1. The smallest absolute Gasteiger partial charge is 0.309 e. The first-order valence-electron chi connectivity index (χ1n) is 5.03. The summed E-state index contributed by atoms with van der Waals surface area (Å²) in [7, 11) is 0. The van der Waals surface area contributed by atoms with E-state index in [2.05, 4.69) is 9.88 Å². The van der Waals surface area contributed by atoms with Crippen LogP contribution in [0, 0.1) is 12.8 Å². The van der Waals surface area contributed by atoms with Gasteiger partial charge in [-0.05, 0) is 19.1 Å². The minimum absolute atomic E-state index is 0.185. The predicted octanol–water partition coefficient (Wildman–Crippen LogP) is 0.906. The van der Waals surface area contributed by atoms with E-state index in [1.54, 1.807) is 0 Å². The lowest BCUT2D eigenvalue weighted by atomic mass is 10.0. The lowest BCUT2D eigenvalue weighted by Gasteiger charge is -2.36. The number of carboxylic acid groups (broad SMARTS) is 1. The van der Waals surface area contributed by atoms with Crippen LogP contribution in [0.2, 0.25) is 0 Å². The van der Waals surface area contributed by atoms with Gasteiger partial charge in [-0.1, -0.05) is 6.07 Å². The Balaban J connectivity index is 1.87. The number of pyridine rings is 1. The number of carbonyl (C=O) groups is 1. The van der Waals surface area contributed by atoms with Crippen LogP contribution in [-0.2, 0) is 11.3 Å². The van der Waals surface area contributed by atoms with Crippen LogP contribution in [0.4, 0.5) is 0 Å². The molecule has 2 rings (SSSR count). The number of nitrogens with zero attached hydrogens (tertiary/aromatic N) is 2. The highest BCUT2D eigenvalue weighted by Gasteiger charge is 2.32. The van der Waals surface area contributed by atoms with Crippen LogP contribution >= 0.6 is 0 Å². The molecule has 80 valence electrons. The number of likely N-dealkylation sites (tertiary alicyclic amines) is 1. The zero-order valence-electron chi connectivity index (χ0n) is 8.68. The number of hydrogen-bond acceptors (Lipinski definition) is 3. The molecule has 0 unspecified atom stereocenters. The van der Waals surface area contributed by atoms with E-state index in [4.69, 9.17) is 5.11 Å². The molecule has 1 saturated heterocycles. The van der Waals surface area contributed by atoms with Gasteiger partial charge >= 0.3 is 5.97 Å². The molecule has 1 aromatic heterocycles. The predicted molar refractivity (Wildman–Crippen MR) is 55.4 cm³/mol. The Morgan fingerprint density at radius 1 is 1.60 bits per heavy atom. The second-order valence-corrected chi connectivity index (χ2v) is 4.00. The van der Waals surface area contributed by atoms with Gasteiger partial charge in [0.15, 0.2) is 0 Å². The number of hydrogen-bond donors (Lipinski definition) is 1. The highest BCUT2D eigenvalue weighted by Crippen LogP contribution is 2.17. The average molecular weight is 206 g/mol. The molecule has 4 heteroatoms. The highest BCUT2D eigenvalue weighted by molar-refractivity contribution is 5.71. The summed E-state index contributed by atoms with van der Waals surface area (Å²) in [4.78, 5) is 17.1. The summed E-state index contributed by atoms with van der Waals surface area (Å²) in [5.74, 6) is -0.877. The third kappa shape index (κ3) is 2.33. The molecule has 0 atom stereocenters. The molecule has 0 saturated carbocycles. The SMILES string of the molecule is Cc1cccc(CN2CC(C(=O)O)C2)n1. The minimum Gasteiger partial charge on any atom is -0.481 e. The molecule has 1 aliphatic heterocycles. The Kier molecular flexibility index (Phi) is 2.68. The topological polar surface area (TPSA) is 53.4 Å². The molecule has 1 fully saturated rings. The lowest BCUT2D eigenvalue weighted by molar-refractivity contribution is -0.147. The Morgan fingerprint density at radius 3 is 2.93 bits per heavy atom. The Bertz CT molecular complexity index is 373. The first-order valence-corrected chi connectivity index (χ1v) is 5.03. The van der Waals surface area contributed by atoms with Gasteiger partial charge in [-0.15, -0.1) is 0 Å². The fourth-order valence-electron chi connectivity index (χ4n) is 1.77. The second kappa shape index (κ2) is 3.98. The monoisotopic (exact) mass is 206 g/mol. The zero-order valence-corrected chi connectivity index (χ0v) is 8.68. The summed E-state index contributed by atoms with van der Waals surface area (Å²) in [5.41, 5.74) is 2.02. The van der Waals surface area contributed by atoms with Gasteiger partial charge in [-0.25, -0.2) is 0 Å². The maximum Gasteiger partial charge on any atom is 0.309 e. The summed E-state index contributed by atoms with van der Waals surface area (Å²) >= 11 is 0. The van der Waals surface area contributed by atoms with Crippen molar-refractivity contribution in [3.8, 4) is 0 Å². The largest absolute Gasteiger partial charge is 0.481 e. The molecule has 1 aliphatic rings. The molecule has 0 bridgehead atoms. The summed E-state index contributed by atoms with van der Waals surface area (Å²) in [6.07, 6.45) is 0. The van der Waals surface area contributed by atoms with Crippen molar-refractivity contribution < 1.29 is 9.90 Å².